The summed E-state index contributed by atoms with van der Waals surface area (Å²) in [7, 11) is 3.94. The normalized spacial score (nSPS) is 10.6. The van der Waals surface area contributed by atoms with E-state index in [1.165, 1.54) is 5.56 Å². The Morgan fingerprint density at radius 2 is 1.80 bits per heavy atom. The maximum Gasteiger partial charge on any atom is 0.0642 e. The highest BCUT2D eigenvalue weighted by Gasteiger charge is 2.09. The molecule has 0 heterocycles. The fourth-order valence-corrected chi connectivity index (χ4v) is 2.68. The Kier molecular flexibility index (Phi) is 5.30. The van der Waals surface area contributed by atoms with Crippen LogP contribution in [-0.2, 0) is 13.1 Å². The Balaban J connectivity index is 2.17. The Morgan fingerprint density at radius 1 is 1.05 bits per heavy atom. The Labute approximate surface area is 130 Å². The molecule has 2 aromatic rings. The minimum atomic E-state index is 0.727. The lowest BCUT2D eigenvalue weighted by Gasteiger charge is -2.21. The minimum absolute atomic E-state index is 0.727. The van der Waals surface area contributed by atoms with E-state index < -0.39 is 0 Å². The first-order valence-corrected chi connectivity index (χ1v) is 7.25. The molecule has 0 saturated heterocycles. The highest BCUT2D eigenvalue weighted by molar-refractivity contribution is 6.33. The smallest absolute Gasteiger partial charge is 0.0642 e. The van der Waals surface area contributed by atoms with Crippen molar-refractivity contribution in [2.75, 3.05) is 19.0 Å². The molecule has 2 nitrogen and oxygen atoms in total. The van der Waals surface area contributed by atoms with Crippen LogP contribution in [0.15, 0.2) is 42.5 Å². The van der Waals surface area contributed by atoms with Gasteiger partial charge in [-0.3, -0.25) is 0 Å². The van der Waals surface area contributed by atoms with Gasteiger partial charge in [0.2, 0.25) is 0 Å². The van der Waals surface area contributed by atoms with Crippen molar-refractivity contribution in [1.82, 2.24) is 5.32 Å². The zero-order valence-corrected chi connectivity index (χ0v) is 13.2. The highest BCUT2D eigenvalue weighted by Crippen LogP contribution is 2.28. The molecular formula is C16H18Cl2N2. The van der Waals surface area contributed by atoms with Crippen LogP contribution in [0.25, 0.3) is 0 Å². The van der Waals surface area contributed by atoms with Crippen LogP contribution in [-0.4, -0.2) is 14.1 Å². The van der Waals surface area contributed by atoms with Crippen LogP contribution in [0.5, 0.6) is 0 Å². The molecule has 0 atom stereocenters. The van der Waals surface area contributed by atoms with Gasteiger partial charge in [0.05, 0.1) is 10.7 Å². The molecule has 0 aromatic heterocycles. The van der Waals surface area contributed by atoms with Crippen molar-refractivity contribution in [3.8, 4) is 0 Å². The van der Waals surface area contributed by atoms with Crippen molar-refractivity contribution in [3.05, 3.63) is 63.6 Å². The summed E-state index contributed by atoms with van der Waals surface area (Å²) in [5.74, 6) is 0. The maximum atomic E-state index is 6.36. The standard InChI is InChI=1S/C16H18Cl2N2/c1-19-10-12-7-8-16(15(18)9-12)20(2)11-13-5-3-4-6-14(13)17/h3-9,19H,10-11H2,1-2H3. The second-order valence-corrected chi connectivity index (χ2v) is 5.58. The van der Waals surface area contributed by atoms with Crippen molar-refractivity contribution in [2.45, 2.75) is 13.1 Å². The van der Waals surface area contributed by atoms with E-state index in [9.17, 15) is 0 Å². The molecule has 2 rings (SSSR count). The number of halogens is 2. The van der Waals surface area contributed by atoms with E-state index in [4.69, 9.17) is 23.2 Å². The van der Waals surface area contributed by atoms with Crippen LogP contribution in [0, 0.1) is 0 Å². The number of anilines is 1. The van der Waals surface area contributed by atoms with Gasteiger partial charge in [-0.1, -0.05) is 47.5 Å². The molecule has 0 aliphatic carbocycles. The number of rotatable bonds is 5. The average molecular weight is 309 g/mol. The van der Waals surface area contributed by atoms with Gasteiger partial charge < -0.3 is 10.2 Å². The van der Waals surface area contributed by atoms with E-state index in [2.05, 4.69) is 16.3 Å². The molecule has 0 spiro atoms. The number of benzene rings is 2. The molecule has 0 bridgehead atoms. The summed E-state index contributed by atoms with van der Waals surface area (Å²) in [6, 6.07) is 14.0. The molecule has 106 valence electrons. The van der Waals surface area contributed by atoms with Gasteiger partial charge >= 0.3 is 0 Å². The highest BCUT2D eigenvalue weighted by atomic mass is 35.5. The van der Waals surface area contributed by atoms with Gasteiger partial charge in [-0.15, -0.1) is 0 Å². The molecule has 0 saturated carbocycles. The molecular weight excluding hydrogens is 291 g/mol. The van der Waals surface area contributed by atoms with Crippen molar-refractivity contribution in [3.63, 3.8) is 0 Å². The Morgan fingerprint density at radius 3 is 2.45 bits per heavy atom. The fraction of sp³-hybridized carbons (Fsp3) is 0.250. The second-order valence-electron chi connectivity index (χ2n) is 4.76. The van der Waals surface area contributed by atoms with Gasteiger partial charge in [0.25, 0.3) is 0 Å². The molecule has 4 heteroatoms. The molecule has 20 heavy (non-hydrogen) atoms. The predicted octanol–water partition coefficient (Wildman–Crippen LogP) is 4.35. The first-order valence-electron chi connectivity index (χ1n) is 6.49. The summed E-state index contributed by atoms with van der Waals surface area (Å²) in [4.78, 5) is 2.10. The number of hydrogen-bond donors (Lipinski definition) is 1. The fourth-order valence-electron chi connectivity index (χ4n) is 2.14. The topological polar surface area (TPSA) is 15.3 Å². The van der Waals surface area contributed by atoms with Gasteiger partial charge in [-0.2, -0.15) is 0 Å². The lowest BCUT2D eigenvalue weighted by molar-refractivity contribution is 0.817. The molecule has 0 amide bonds. The SMILES string of the molecule is CNCc1ccc(N(C)Cc2ccccc2Cl)c(Cl)c1. The first kappa shape index (κ1) is 15.2. The van der Waals surface area contributed by atoms with Crippen molar-refractivity contribution >= 4 is 28.9 Å². The summed E-state index contributed by atoms with van der Waals surface area (Å²) in [5, 5.41) is 4.65. The first-order chi connectivity index (χ1) is 9.61. The van der Waals surface area contributed by atoms with Crippen LogP contribution >= 0.6 is 23.2 Å². The molecule has 0 unspecified atom stereocenters. The van der Waals surface area contributed by atoms with Crippen LogP contribution in [0.4, 0.5) is 5.69 Å². The quantitative estimate of drug-likeness (QED) is 0.883. The summed E-state index contributed by atoms with van der Waals surface area (Å²) in [6.07, 6.45) is 0. The van der Waals surface area contributed by atoms with Crippen molar-refractivity contribution in [1.29, 1.82) is 0 Å². The second kappa shape index (κ2) is 6.98. The largest absolute Gasteiger partial charge is 0.369 e. The third-order valence-electron chi connectivity index (χ3n) is 3.17. The number of hydrogen-bond acceptors (Lipinski definition) is 2. The zero-order valence-electron chi connectivity index (χ0n) is 11.7. The summed E-state index contributed by atoms with van der Waals surface area (Å²) in [5.41, 5.74) is 3.27. The average Bonchev–Trinajstić information content (AvgIpc) is 2.42. The zero-order chi connectivity index (χ0) is 14.5. The Hall–Kier alpha value is -1.22. The van der Waals surface area contributed by atoms with E-state index in [1.54, 1.807) is 0 Å². The predicted molar refractivity (Wildman–Crippen MR) is 87.8 cm³/mol. The van der Waals surface area contributed by atoms with Gasteiger partial charge in [-0.05, 0) is 36.4 Å². The van der Waals surface area contributed by atoms with Crippen molar-refractivity contribution < 1.29 is 0 Å². The summed E-state index contributed by atoms with van der Waals surface area (Å²) in [6.45, 7) is 1.54. The van der Waals surface area contributed by atoms with E-state index in [0.29, 0.717) is 0 Å². The summed E-state index contributed by atoms with van der Waals surface area (Å²) >= 11 is 12.6. The van der Waals surface area contributed by atoms with Gasteiger partial charge in [0.15, 0.2) is 0 Å². The summed E-state index contributed by atoms with van der Waals surface area (Å²) < 4.78 is 0. The maximum absolute atomic E-state index is 6.36. The van der Waals surface area contributed by atoms with Gasteiger partial charge in [0, 0.05) is 25.2 Å². The van der Waals surface area contributed by atoms with E-state index in [0.717, 1.165) is 34.4 Å². The molecule has 0 radical (unpaired) electrons. The van der Waals surface area contributed by atoms with Gasteiger partial charge in [0.1, 0.15) is 0 Å². The molecule has 0 fully saturated rings. The third-order valence-corrected chi connectivity index (χ3v) is 3.84. The molecule has 0 aliphatic heterocycles. The van der Waals surface area contributed by atoms with Gasteiger partial charge in [-0.25, -0.2) is 0 Å². The monoisotopic (exact) mass is 308 g/mol. The number of nitrogens with one attached hydrogen (secondary N) is 1. The van der Waals surface area contributed by atoms with Crippen molar-refractivity contribution in [2.24, 2.45) is 0 Å². The molecule has 0 aliphatic rings. The van der Waals surface area contributed by atoms with E-state index in [-0.39, 0.29) is 0 Å². The van der Waals surface area contributed by atoms with Crippen LogP contribution < -0.4 is 10.2 Å². The Bertz CT molecular complexity index is 584. The lowest BCUT2D eigenvalue weighted by Crippen LogP contribution is -2.17. The molecule has 1 N–H and O–H groups in total. The lowest BCUT2D eigenvalue weighted by atomic mass is 10.1. The minimum Gasteiger partial charge on any atom is -0.369 e. The van der Waals surface area contributed by atoms with E-state index in [1.807, 2.05) is 50.5 Å². The van der Waals surface area contributed by atoms with Crippen LogP contribution in [0.1, 0.15) is 11.1 Å². The van der Waals surface area contributed by atoms with Crippen LogP contribution in [0.3, 0.4) is 0 Å². The number of nitrogens with zero attached hydrogens (tertiary/aromatic N) is 1. The van der Waals surface area contributed by atoms with E-state index >= 15 is 0 Å². The van der Waals surface area contributed by atoms with Crippen LogP contribution in [0.2, 0.25) is 10.0 Å². The molecule has 2 aromatic carbocycles. The third kappa shape index (κ3) is 3.66.